The Balaban J connectivity index is 3.55. The van der Waals surface area contributed by atoms with Gasteiger partial charge in [-0.15, -0.1) is 0 Å². The van der Waals surface area contributed by atoms with Crippen LogP contribution in [0.3, 0.4) is 0 Å². The van der Waals surface area contributed by atoms with Crippen LogP contribution >= 0.6 is 23.2 Å². The van der Waals surface area contributed by atoms with Gasteiger partial charge >= 0.3 is 0 Å². The first-order valence-electron chi connectivity index (χ1n) is 3.87. The van der Waals surface area contributed by atoms with Crippen LogP contribution in [0.5, 0.6) is 0 Å². The van der Waals surface area contributed by atoms with Crippen molar-refractivity contribution in [2.24, 2.45) is 5.14 Å². The van der Waals surface area contributed by atoms with Crippen LogP contribution in [0.4, 0.5) is 0 Å². The predicted molar refractivity (Wildman–Crippen MR) is 57.2 cm³/mol. The van der Waals surface area contributed by atoms with Crippen molar-refractivity contribution in [2.45, 2.75) is 18.2 Å². The van der Waals surface area contributed by atoms with Crippen LogP contribution in [0.2, 0.25) is 10.0 Å². The minimum Gasteiger partial charge on any atom is -0.225 e. The van der Waals surface area contributed by atoms with Crippen molar-refractivity contribution in [1.29, 1.82) is 0 Å². The van der Waals surface area contributed by atoms with Crippen LogP contribution in [0, 0.1) is 0 Å². The molecule has 6 heteroatoms. The summed E-state index contributed by atoms with van der Waals surface area (Å²) in [5, 5.41) is 5.60. The summed E-state index contributed by atoms with van der Waals surface area (Å²) in [6.07, 6.45) is 0.463. The van der Waals surface area contributed by atoms with Gasteiger partial charge < -0.3 is 0 Å². The van der Waals surface area contributed by atoms with E-state index in [0.29, 0.717) is 17.0 Å². The van der Waals surface area contributed by atoms with Crippen molar-refractivity contribution in [3.63, 3.8) is 0 Å². The van der Waals surface area contributed by atoms with Gasteiger partial charge in [0, 0.05) is 0 Å². The van der Waals surface area contributed by atoms with Crippen molar-refractivity contribution in [3.05, 3.63) is 27.7 Å². The molecule has 0 saturated heterocycles. The van der Waals surface area contributed by atoms with Crippen LogP contribution < -0.4 is 5.14 Å². The molecule has 0 heterocycles. The number of primary sulfonamides is 1. The molecule has 0 aliphatic heterocycles. The second kappa shape index (κ2) is 4.06. The first-order valence-corrected chi connectivity index (χ1v) is 6.17. The summed E-state index contributed by atoms with van der Waals surface area (Å²) >= 11 is 11.6. The van der Waals surface area contributed by atoms with E-state index in [4.69, 9.17) is 28.3 Å². The van der Waals surface area contributed by atoms with E-state index in [1.54, 1.807) is 6.92 Å². The minimum absolute atomic E-state index is 0.0365. The molecule has 0 atom stereocenters. The molecule has 0 spiro atoms. The molecule has 78 valence electrons. The summed E-state index contributed by atoms with van der Waals surface area (Å²) in [6, 6.07) is 2.78. The van der Waals surface area contributed by atoms with Crippen LogP contribution in [-0.2, 0) is 16.4 Å². The largest absolute Gasteiger partial charge is 0.238 e. The van der Waals surface area contributed by atoms with E-state index in [1.807, 2.05) is 0 Å². The van der Waals surface area contributed by atoms with Crippen LogP contribution in [0.25, 0.3) is 0 Å². The van der Waals surface area contributed by atoms with Gasteiger partial charge in [0.25, 0.3) is 0 Å². The highest BCUT2D eigenvalue weighted by atomic mass is 35.5. The molecule has 0 aliphatic carbocycles. The SMILES string of the molecule is CCc1c(S(N)(=O)=O)ccc(Cl)c1Cl. The Kier molecular flexibility index (Phi) is 3.42. The molecule has 0 bridgehead atoms. The zero-order valence-corrected chi connectivity index (χ0v) is 9.75. The fraction of sp³-hybridized carbons (Fsp3) is 0.250. The van der Waals surface area contributed by atoms with Crippen molar-refractivity contribution < 1.29 is 8.42 Å². The maximum atomic E-state index is 11.2. The van der Waals surface area contributed by atoms with E-state index in [1.165, 1.54) is 12.1 Å². The molecule has 0 fully saturated rings. The summed E-state index contributed by atoms with van der Waals surface area (Å²) in [6.45, 7) is 1.78. The van der Waals surface area contributed by atoms with Crippen LogP contribution in [-0.4, -0.2) is 8.42 Å². The third-order valence-electron chi connectivity index (χ3n) is 1.81. The first-order chi connectivity index (χ1) is 6.38. The monoisotopic (exact) mass is 253 g/mol. The van der Waals surface area contributed by atoms with E-state index in [2.05, 4.69) is 0 Å². The number of sulfonamides is 1. The topological polar surface area (TPSA) is 60.2 Å². The van der Waals surface area contributed by atoms with Gasteiger partial charge in [-0.1, -0.05) is 30.1 Å². The quantitative estimate of drug-likeness (QED) is 0.879. The maximum absolute atomic E-state index is 11.2. The van der Waals surface area contributed by atoms with E-state index in [9.17, 15) is 8.42 Å². The highest BCUT2D eigenvalue weighted by molar-refractivity contribution is 7.89. The van der Waals surface area contributed by atoms with E-state index < -0.39 is 10.0 Å². The number of hydrogen-bond donors (Lipinski definition) is 1. The molecule has 3 nitrogen and oxygen atoms in total. The highest BCUT2D eigenvalue weighted by Crippen LogP contribution is 2.30. The summed E-state index contributed by atoms with van der Waals surface area (Å²) in [5.41, 5.74) is 0.460. The predicted octanol–water partition coefficient (Wildman–Crippen LogP) is 2.20. The summed E-state index contributed by atoms with van der Waals surface area (Å²) in [7, 11) is -3.73. The fourth-order valence-corrected chi connectivity index (χ4v) is 2.55. The first kappa shape index (κ1) is 11.8. The molecule has 0 amide bonds. The van der Waals surface area contributed by atoms with E-state index in [0.717, 1.165) is 0 Å². The Morgan fingerprint density at radius 1 is 1.36 bits per heavy atom. The normalized spacial score (nSPS) is 11.7. The van der Waals surface area contributed by atoms with Gasteiger partial charge in [-0.25, -0.2) is 13.6 Å². The average molecular weight is 254 g/mol. The molecule has 1 aromatic carbocycles. The molecule has 0 radical (unpaired) electrons. The summed E-state index contributed by atoms with van der Waals surface area (Å²) in [5.74, 6) is 0. The van der Waals surface area contributed by atoms with Gasteiger partial charge in [-0.2, -0.15) is 0 Å². The van der Waals surface area contributed by atoms with Crippen molar-refractivity contribution >= 4 is 33.2 Å². The van der Waals surface area contributed by atoms with Crippen LogP contribution in [0.15, 0.2) is 17.0 Å². The molecule has 0 unspecified atom stereocenters. The van der Waals surface area contributed by atoms with Gasteiger partial charge in [0.15, 0.2) is 0 Å². The summed E-state index contributed by atoms with van der Waals surface area (Å²) < 4.78 is 22.3. The third kappa shape index (κ3) is 2.20. The second-order valence-electron chi connectivity index (χ2n) is 2.74. The Labute approximate surface area is 92.9 Å². The summed E-state index contributed by atoms with van der Waals surface area (Å²) in [4.78, 5) is 0.0365. The minimum atomic E-state index is -3.73. The number of hydrogen-bond acceptors (Lipinski definition) is 2. The lowest BCUT2D eigenvalue weighted by molar-refractivity contribution is 0.596. The molecular formula is C8H9Cl2NO2S. The lowest BCUT2D eigenvalue weighted by atomic mass is 10.2. The Morgan fingerprint density at radius 3 is 2.36 bits per heavy atom. The molecule has 14 heavy (non-hydrogen) atoms. The number of benzene rings is 1. The molecule has 0 saturated carbocycles. The van der Waals surface area contributed by atoms with E-state index in [-0.39, 0.29) is 9.92 Å². The van der Waals surface area contributed by atoms with Crippen molar-refractivity contribution in [2.75, 3.05) is 0 Å². The molecule has 0 aromatic heterocycles. The number of rotatable bonds is 2. The highest BCUT2D eigenvalue weighted by Gasteiger charge is 2.16. The molecular weight excluding hydrogens is 245 g/mol. The standard InChI is InChI=1S/C8H9Cl2NO2S/c1-2-5-7(14(11,12)13)4-3-6(9)8(5)10/h3-4H,2H2,1H3,(H2,11,12,13). The van der Waals surface area contributed by atoms with Gasteiger partial charge in [0.2, 0.25) is 10.0 Å². The van der Waals surface area contributed by atoms with Crippen molar-refractivity contribution in [1.82, 2.24) is 0 Å². The smallest absolute Gasteiger partial charge is 0.225 e. The zero-order valence-electron chi connectivity index (χ0n) is 7.42. The average Bonchev–Trinajstić information content (AvgIpc) is 2.07. The molecule has 2 N–H and O–H groups in total. The Morgan fingerprint density at radius 2 is 1.93 bits per heavy atom. The maximum Gasteiger partial charge on any atom is 0.238 e. The van der Waals surface area contributed by atoms with Crippen molar-refractivity contribution in [3.8, 4) is 0 Å². The molecule has 1 rings (SSSR count). The number of nitrogens with two attached hydrogens (primary N) is 1. The second-order valence-corrected chi connectivity index (χ2v) is 5.05. The van der Waals surface area contributed by atoms with E-state index >= 15 is 0 Å². The third-order valence-corrected chi connectivity index (χ3v) is 3.65. The lowest BCUT2D eigenvalue weighted by Gasteiger charge is -2.08. The lowest BCUT2D eigenvalue weighted by Crippen LogP contribution is -2.14. The van der Waals surface area contributed by atoms with Crippen LogP contribution in [0.1, 0.15) is 12.5 Å². The van der Waals surface area contributed by atoms with Gasteiger partial charge in [0.1, 0.15) is 0 Å². The van der Waals surface area contributed by atoms with Gasteiger partial charge in [-0.3, -0.25) is 0 Å². The molecule has 0 aliphatic rings. The Hall–Kier alpha value is -0.290. The zero-order chi connectivity index (χ0) is 10.9. The Bertz CT molecular complexity index is 457. The van der Waals surface area contributed by atoms with Gasteiger partial charge in [0.05, 0.1) is 14.9 Å². The number of halogens is 2. The molecule has 1 aromatic rings. The van der Waals surface area contributed by atoms with Gasteiger partial charge in [-0.05, 0) is 24.1 Å². The fourth-order valence-electron chi connectivity index (χ4n) is 1.17.